The van der Waals surface area contributed by atoms with Crippen molar-refractivity contribution >= 4 is 12.4 Å². The molecular weight excluding hydrogens is 196 g/mol. The molecule has 0 heterocycles. The summed E-state index contributed by atoms with van der Waals surface area (Å²) >= 11 is 0. The lowest BCUT2D eigenvalue weighted by Gasteiger charge is -2.06. The lowest BCUT2D eigenvalue weighted by Crippen LogP contribution is -1.90. The Morgan fingerprint density at radius 3 is 2.67 bits per heavy atom. The van der Waals surface area contributed by atoms with E-state index >= 15 is 0 Å². The Bertz CT molecular complexity index is 382. The molecule has 1 rings (SSSR count). The predicted octanol–water partition coefficient (Wildman–Crippen LogP) is 1.22. The number of carbonyl (C=O) groups excluding carboxylic acids is 1. The normalized spacial score (nSPS) is 10.5. The number of aromatic hydroxyl groups is 1. The average Bonchev–Trinajstić information content (AvgIpc) is 2.26. The lowest BCUT2D eigenvalue weighted by molar-refractivity contribution is 0.112. The topological polar surface area (TPSA) is 66.8 Å². The number of aliphatic hydroxyl groups is 1. The average molecular weight is 208 g/mol. The van der Waals surface area contributed by atoms with Crippen molar-refractivity contribution in [3.8, 4) is 11.5 Å². The molecule has 1 aromatic carbocycles. The molecule has 0 aliphatic carbocycles. The van der Waals surface area contributed by atoms with Gasteiger partial charge in [-0.05, 0) is 17.7 Å². The van der Waals surface area contributed by atoms with Crippen LogP contribution in [-0.2, 0) is 0 Å². The number of hydrogen-bond acceptors (Lipinski definition) is 4. The van der Waals surface area contributed by atoms with Crippen LogP contribution in [-0.4, -0.2) is 30.2 Å². The molecule has 1 aromatic rings. The fourth-order valence-corrected chi connectivity index (χ4v) is 1.19. The van der Waals surface area contributed by atoms with E-state index in [9.17, 15) is 9.90 Å². The molecule has 2 N–H and O–H groups in total. The molecule has 0 saturated carbocycles. The van der Waals surface area contributed by atoms with Crippen LogP contribution in [0.2, 0.25) is 0 Å². The molecule has 0 radical (unpaired) electrons. The maximum Gasteiger partial charge on any atom is 0.161 e. The van der Waals surface area contributed by atoms with Crippen LogP contribution >= 0.6 is 0 Å². The molecule has 0 unspecified atom stereocenters. The molecule has 0 amide bonds. The van der Waals surface area contributed by atoms with Crippen LogP contribution < -0.4 is 4.74 Å². The SMILES string of the molecule is COc1cc(C=CCO)c(C=O)cc1O. The van der Waals surface area contributed by atoms with Crippen LogP contribution in [0.5, 0.6) is 11.5 Å². The van der Waals surface area contributed by atoms with Gasteiger partial charge in [-0.2, -0.15) is 0 Å². The van der Waals surface area contributed by atoms with E-state index < -0.39 is 0 Å². The number of phenols is 1. The Morgan fingerprint density at radius 2 is 2.13 bits per heavy atom. The van der Waals surface area contributed by atoms with Gasteiger partial charge >= 0.3 is 0 Å². The first kappa shape index (κ1) is 11.3. The van der Waals surface area contributed by atoms with Gasteiger partial charge in [-0.1, -0.05) is 12.2 Å². The van der Waals surface area contributed by atoms with E-state index in [1.807, 2.05) is 0 Å². The predicted molar refractivity (Wildman–Crippen MR) is 56.2 cm³/mol. The summed E-state index contributed by atoms with van der Waals surface area (Å²) < 4.78 is 4.90. The molecule has 80 valence electrons. The third kappa shape index (κ3) is 2.57. The van der Waals surface area contributed by atoms with Crippen molar-refractivity contribution < 1.29 is 19.7 Å². The third-order valence-electron chi connectivity index (χ3n) is 1.91. The van der Waals surface area contributed by atoms with Crippen LogP contribution in [0.3, 0.4) is 0 Å². The van der Waals surface area contributed by atoms with Crippen LogP contribution in [0, 0.1) is 0 Å². The van der Waals surface area contributed by atoms with Gasteiger partial charge in [0.05, 0.1) is 13.7 Å². The van der Waals surface area contributed by atoms with Gasteiger partial charge in [0, 0.05) is 5.56 Å². The number of phenolic OH excluding ortho intramolecular Hbond substituents is 1. The van der Waals surface area contributed by atoms with E-state index in [2.05, 4.69) is 0 Å². The summed E-state index contributed by atoms with van der Waals surface area (Å²) in [6.45, 7) is -0.110. The second-order valence-electron chi connectivity index (χ2n) is 2.86. The van der Waals surface area contributed by atoms with Gasteiger partial charge in [0.25, 0.3) is 0 Å². The van der Waals surface area contributed by atoms with Gasteiger partial charge in [-0.15, -0.1) is 0 Å². The number of carbonyl (C=O) groups is 1. The zero-order valence-corrected chi connectivity index (χ0v) is 8.30. The molecule has 4 heteroatoms. The van der Waals surface area contributed by atoms with Gasteiger partial charge in [0.2, 0.25) is 0 Å². The zero-order chi connectivity index (χ0) is 11.3. The number of ether oxygens (including phenoxy) is 1. The first-order chi connectivity index (χ1) is 7.22. The first-order valence-electron chi connectivity index (χ1n) is 4.36. The molecule has 0 fully saturated rings. The van der Waals surface area contributed by atoms with Gasteiger partial charge in [0.1, 0.15) is 0 Å². The van der Waals surface area contributed by atoms with E-state index in [0.29, 0.717) is 17.4 Å². The van der Waals surface area contributed by atoms with Gasteiger partial charge in [0.15, 0.2) is 17.8 Å². The maximum atomic E-state index is 10.7. The molecule has 0 aromatic heterocycles. The molecule has 0 atom stereocenters. The Kier molecular flexibility index (Phi) is 3.88. The highest BCUT2D eigenvalue weighted by atomic mass is 16.5. The highest BCUT2D eigenvalue weighted by Crippen LogP contribution is 2.29. The maximum absolute atomic E-state index is 10.7. The van der Waals surface area contributed by atoms with Crippen molar-refractivity contribution in [3.05, 3.63) is 29.3 Å². The second kappa shape index (κ2) is 5.17. The fraction of sp³-hybridized carbons (Fsp3) is 0.182. The number of aldehydes is 1. The molecule has 0 spiro atoms. The minimum Gasteiger partial charge on any atom is -0.504 e. The first-order valence-corrected chi connectivity index (χ1v) is 4.36. The number of benzene rings is 1. The minimum atomic E-state index is -0.110. The van der Waals surface area contributed by atoms with Crippen LogP contribution in [0.1, 0.15) is 15.9 Å². The van der Waals surface area contributed by atoms with Crippen molar-refractivity contribution in [2.24, 2.45) is 0 Å². The Morgan fingerprint density at radius 1 is 1.40 bits per heavy atom. The molecule has 0 bridgehead atoms. The molecule has 0 saturated heterocycles. The van der Waals surface area contributed by atoms with E-state index in [1.54, 1.807) is 6.08 Å². The summed E-state index contributed by atoms with van der Waals surface area (Å²) in [5.74, 6) is 0.207. The molecule has 15 heavy (non-hydrogen) atoms. The number of aliphatic hydroxyl groups excluding tert-OH is 1. The highest BCUT2D eigenvalue weighted by Gasteiger charge is 2.06. The molecule has 0 aliphatic rings. The smallest absolute Gasteiger partial charge is 0.161 e. The summed E-state index contributed by atoms with van der Waals surface area (Å²) in [6, 6.07) is 2.86. The fourth-order valence-electron chi connectivity index (χ4n) is 1.19. The van der Waals surface area contributed by atoms with Crippen molar-refractivity contribution in [1.29, 1.82) is 0 Å². The Balaban J connectivity index is 3.22. The summed E-state index contributed by atoms with van der Waals surface area (Å²) in [5, 5.41) is 18.0. The summed E-state index contributed by atoms with van der Waals surface area (Å²) in [6.07, 6.45) is 3.72. The largest absolute Gasteiger partial charge is 0.504 e. The minimum absolute atomic E-state index is 0.0826. The summed E-state index contributed by atoms with van der Waals surface area (Å²) in [5.41, 5.74) is 0.937. The van der Waals surface area contributed by atoms with E-state index in [1.165, 1.54) is 25.3 Å². The standard InChI is InChI=1S/C11H12O4/c1-15-11-6-8(3-2-4-12)9(7-13)5-10(11)14/h2-3,5-7,12,14H,4H2,1H3. The van der Waals surface area contributed by atoms with E-state index in [0.717, 1.165) is 0 Å². The number of methoxy groups -OCH3 is 1. The summed E-state index contributed by atoms with van der Waals surface area (Å²) in [7, 11) is 1.43. The monoisotopic (exact) mass is 208 g/mol. The number of rotatable bonds is 4. The number of hydrogen-bond donors (Lipinski definition) is 2. The van der Waals surface area contributed by atoms with E-state index in [-0.39, 0.29) is 18.1 Å². The molecule has 0 aliphatic heterocycles. The van der Waals surface area contributed by atoms with Crippen molar-refractivity contribution in [3.63, 3.8) is 0 Å². The van der Waals surface area contributed by atoms with Gasteiger partial charge in [-0.25, -0.2) is 0 Å². The van der Waals surface area contributed by atoms with Gasteiger partial charge in [-0.3, -0.25) is 4.79 Å². The second-order valence-corrected chi connectivity index (χ2v) is 2.86. The van der Waals surface area contributed by atoms with Crippen LogP contribution in [0.15, 0.2) is 18.2 Å². The van der Waals surface area contributed by atoms with E-state index in [4.69, 9.17) is 9.84 Å². The third-order valence-corrected chi connectivity index (χ3v) is 1.91. The van der Waals surface area contributed by atoms with Crippen molar-refractivity contribution in [2.75, 3.05) is 13.7 Å². The van der Waals surface area contributed by atoms with Crippen molar-refractivity contribution in [1.82, 2.24) is 0 Å². The zero-order valence-electron chi connectivity index (χ0n) is 8.30. The quantitative estimate of drug-likeness (QED) is 0.730. The Hall–Kier alpha value is -1.81. The Labute approximate surface area is 87.4 Å². The van der Waals surface area contributed by atoms with Crippen LogP contribution in [0.25, 0.3) is 6.08 Å². The molecular formula is C11H12O4. The van der Waals surface area contributed by atoms with Gasteiger partial charge < -0.3 is 14.9 Å². The highest BCUT2D eigenvalue weighted by molar-refractivity contribution is 5.83. The lowest BCUT2D eigenvalue weighted by atomic mass is 10.1. The molecule has 4 nitrogen and oxygen atoms in total. The van der Waals surface area contributed by atoms with Crippen LogP contribution in [0.4, 0.5) is 0 Å². The van der Waals surface area contributed by atoms with Crippen molar-refractivity contribution in [2.45, 2.75) is 0 Å². The summed E-state index contributed by atoms with van der Waals surface area (Å²) in [4.78, 5) is 10.7.